The van der Waals surface area contributed by atoms with Crippen LogP contribution in [0.15, 0.2) is 30.3 Å². The van der Waals surface area contributed by atoms with Crippen LogP contribution in [0.25, 0.3) is 0 Å². The van der Waals surface area contributed by atoms with Gasteiger partial charge in [-0.15, -0.1) is 0 Å². The predicted octanol–water partition coefficient (Wildman–Crippen LogP) is 3.94. The van der Waals surface area contributed by atoms with Crippen LogP contribution in [0.2, 0.25) is 0 Å². The molecule has 0 N–H and O–H groups in total. The number of likely N-dealkylation sites (tertiary alicyclic amines) is 1. The lowest BCUT2D eigenvalue weighted by molar-refractivity contribution is -0.142. The van der Waals surface area contributed by atoms with E-state index in [-0.39, 0.29) is 17.7 Å². The summed E-state index contributed by atoms with van der Waals surface area (Å²) in [6.45, 7) is 13.0. The average molecular weight is 373 g/mol. The summed E-state index contributed by atoms with van der Waals surface area (Å²) in [5, 5.41) is 0. The Balaban J connectivity index is 2.18. The van der Waals surface area contributed by atoms with Crippen molar-refractivity contribution >= 4 is 11.7 Å². The van der Waals surface area contributed by atoms with Gasteiger partial charge in [-0.2, -0.15) is 0 Å². The zero-order valence-electron chi connectivity index (χ0n) is 17.7. The van der Waals surface area contributed by atoms with E-state index in [0.29, 0.717) is 25.4 Å². The SMILES string of the molecule is CCCN(CC1(C)CCN([C@@H](Cc2ccccc2)C(=O)CC)C1=O)C(C)C. The summed E-state index contributed by atoms with van der Waals surface area (Å²) < 4.78 is 0. The molecule has 0 aromatic heterocycles. The molecule has 4 nitrogen and oxygen atoms in total. The monoisotopic (exact) mass is 372 g/mol. The van der Waals surface area contributed by atoms with Crippen LogP contribution < -0.4 is 0 Å². The van der Waals surface area contributed by atoms with Crippen LogP contribution >= 0.6 is 0 Å². The van der Waals surface area contributed by atoms with Gasteiger partial charge in [0, 0.05) is 25.6 Å². The fraction of sp³-hybridized carbons (Fsp3) is 0.652. The fourth-order valence-electron chi connectivity index (χ4n) is 4.09. The summed E-state index contributed by atoms with van der Waals surface area (Å²) in [6, 6.07) is 10.1. The normalized spacial score (nSPS) is 21.3. The molecule has 150 valence electrons. The molecule has 1 amide bonds. The first-order valence-corrected chi connectivity index (χ1v) is 10.4. The minimum atomic E-state index is -0.400. The molecule has 1 aliphatic heterocycles. The molecule has 0 saturated carbocycles. The van der Waals surface area contributed by atoms with E-state index in [0.717, 1.165) is 31.5 Å². The third-order valence-corrected chi connectivity index (χ3v) is 5.84. The van der Waals surface area contributed by atoms with E-state index in [9.17, 15) is 9.59 Å². The van der Waals surface area contributed by atoms with E-state index in [1.807, 2.05) is 42.2 Å². The van der Waals surface area contributed by atoms with E-state index in [1.54, 1.807) is 0 Å². The molecule has 2 atom stereocenters. The summed E-state index contributed by atoms with van der Waals surface area (Å²) in [4.78, 5) is 30.3. The van der Waals surface area contributed by atoms with Crippen LogP contribution in [0.1, 0.15) is 59.4 Å². The zero-order chi connectivity index (χ0) is 20.0. The largest absolute Gasteiger partial charge is 0.332 e. The highest BCUT2D eigenvalue weighted by Crippen LogP contribution is 2.35. The molecule has 1 fully saturated rings. The number of Topliss-reactive ketones (excluding diaryl/α,β-unsaturated/α-hetero) is 1. The lowest BCUT2D eigenvalue weighted by atomic mass is 9.87. The number of rotatable bonds is 10. The van der Waals surface area contributed by atoms with Gasteiger partial charge in [0.15, 0.2) is 5.78 Å². The Kier molecular flexibility index (Phi) is 7.60. The van der Waals surface area contributed by atoms with Gasteiger partial charge in [-0.1, -0.05) is 44.2 Å². The van der Waals surface area contributed by atoms with Crippen LogP contribution in [-0.2, 0) is 16.0 Å². The smallest absolute Gasteiger partial charge is 0.230 e. The van der Waals surface area contributed by atoms with Crippen molar-refractivity contribution in [1.82, 2.24) is 9.80 Å². The van der Waals surface area contributed by atoms with E-state index >= 15 is 0 Å². The lowest BCUT2D eigenvalue weighted by Crippen LogP contribution is -2.49. The number of hydrogen-bond donors (Lipinski definition) is 0. The number of ketones is 1. The topological polar surface area (TPSA) is 40.6 Å². The van der Waals surface area contributed by atoms with Gasteiger partial charge in [0.2, 0.25) is 5.91 Å². The minimum absolute atomic E-state index is 0.145. The number of amides is 1. The maximum Gasteiger partial charge on any atom is 0.230 e. The second kappa shape index (κ2) is 9.50. The third kappa shape index (κ3) is 5.19. The van der Waals surface area contributed by atoms with E-state index < -0.39 is 5.41 Å². The standard InChI is InChI=1S/C23H36N2O2/c1-6-14-24(18(3)4)17-23(5)13-15-25(22(23)27)20(21(26)7-2)16-19-11-9-8-10-12-19/h8-12,18,20H,6-7,13-17H2,1-5H3/t20-,23?/m0/s1. The van der Waals surface area contributed by atoms with Gasteiger partial charge >= 0.3 is 0 Å². The Bertz CT molecular complexity index is 629. The molecular formula is C23H36N2O2. The van der Waals surface area contributed by atoms with Gasteiger partial charge in [0.05, 0.1) is 11.5 Å². The molecule has 0 aliphatic carbocycles. The molecule has 1 heterocycles. The molecule has 0 radical (unpaired) electrons. The summed E-state index contributed by atoms with van der Waals surface area (Å²) in [5.41, 5.74) is 0.711. The number of hydrogen-bond acceptors (Lipinski definition) is 3. The van der Waals surface area contributed by atoms with Crippen molar-refractivity contribution in [2.45, 2.75) is 72.4 Å². The summed E-state index contributed by atoms with van der Waals surface area (Å²) in [6.07, 6.45) is 2.97. The Morgan fingerprint density at radius 1 is 1.22 bits per heavy atom. The van der Waals surface area contributed by atoms with Crippen LogP contribution in [0, 0.1) is 5.41 Å². The lowest BCUT2D eigenvalue weighted by Gasteiger charge is -2.35. The summed E-state index contributed by atoms with van der Waals surface area (Å²) in [7, 11) is 0. The molecule has 4 heteroatoms. The summed E-state index contributed by atoms with van der Waals surface area (Å²) >= 11 is 0. The maximum atomic E-state index is 13.4. The van der Waals surface area contributed by atoms with E-state index in [2.05, 4.69) is 32.6 Å². The van der Waals surface area contributed by atoms with Crippen molar-refractivity contribution in [2.24, 2.45) is 5.41 Å². The Labute approximate surface area is 164 Å². The Morgan fingerprint density at radius 3 is 2.44 bits per heavy atom. The highest BCUT2D eigenvalue weighted by molar-refractivity contribution is 5.92. The van der Waals surface area contributed by atoms with Crippen molar-refractivity contribution in [3.05, 3.63) is 35.9 Å². The first-order valence-electron chi connectivity index (χ1n) is 10.4. The van der Waals surface area contributed by atoms with Gasteiger partial charge in [0.1, 0.15) is 0 Å². The van der Waals surface area contributed by atoms with Gasteiger partial charge < -0.3 is 4.90 Å². The van der Waals surface area contributed by atoms with Crippen LogP contribution in [0.5, 0.6) is 0 Å². The molecule has 1 aromatic rings. The molecule has 27 heavy (non-hydrogen) atoms. The number of carbonyl (C=O) groups excluding carboxylic acids is 2. The van der Waals surface area contributed by atoms with Gasteiger partial charge in [0.25, 0.3) is 0 Å². The zero-order valence-corrected chi connectivity index (χ0v) is 17.7. The van der Waals surface area contributed by atoms with Gasteiger partial charge in [-0.3, -0.25) is 14.5 Å². The second-order valence-electron chi connectivity index (χ2n) is 8.40. The maximum absolute atomic E-state index is 13.4. The minimum Gasteiger partial charge on any atom is -0.332 e. The molecule has 2 rings (SSSR count). The molecule has 1 saturated heterocycles. The van der Waals surface area contributed by atoms with Crippen LogP contribution in [0.4, 0.5) is 0 Å². The molecule has 0 bridgehead atoms. The van der Waals surface area contributed by atoms with Gasteiger partial charge in [-0.05, 0) is 52.1 Å². The quantitative estimate of drug-likeness (QED) is 0.625. The highest BCUT2D eigenvalue weighted by atomic mass is 16.2. The molecular weight excluding hydrogens is 336 g/mol. The first kappa shape index (κ1) is 21.6. The third-order valence-electron chi connectivity index (χ3n) is 5.84. The Morgan fingerprint density at radius 2 is 1.89 bits per heavy atom. The predicted molar refractivity (Wildman–Crippen MR) is 111 cm³/mol. The summed E-state index contributed by atoms with van der Waals surface area (Å²) in [5.74, 6) is 0.303. The van der Waals surface area contributed by atoms with Gasteiger partial charge in [-0.25, -0.2) is 0 Å². The average Bonchev–Trinajstić information content (AvgIpc) is 2.94. The van der Waals surface area contributed by atoms with Crippen molar-refractivity contribution in [3.8, 4) is 0 Å². The molecule has 1 aromatic carbocycles. The van der Waals surface area contributed by atoms with Crippen molar-refractivity contribution in [3.63, 3.8) is 0 Å². The molecule has 0 spiro atoms. The molecule has 1 unspecified atom stereocenters. The van der Waals surface area contributed by atoms with E-state index in [4.69, 9.17) is 0 Å². The Hall–Kier alpha value is -1.68. The fourth-order valence-corrected chi connectivity index (χ4v) is 4.09. The van der Waals surface area contributed by atoms with E-state index in [1.165, 1.54) is 0 Å². The van der Waals surface area contributed by atoms with Crippen LogP contribution in [-0.4, -0.2) is 53.2 Å². The second-order valence-corrected chi connectivity index (χ2v) is 8.40. The van der Waals surface area contributed by atoms with Crippen molar-refractivity contribution < 1.29 is 9.59 Å². The molecule has 1 aliphatic rings. The first-order chi connectivity index (χ1) is 12.8. The number of nitrogens with zero attached hydrogens (tertiary/aromatic N) is 2. The number of benzene rings is 1. The number of carbonyl (C=O) groups is 2. The van der Waals surface area contributed by atoms with Crippen LogP contribution in [0.3, 0.4) is 0 Å². The highest BCUT2D eigenvalue weighted by Gasteiger charge is 2.47. The van der Waals surface area contributed by atoms with Crippen molar-refractivity contribution in [1.29, 1.82) is 0 Å². The van der Waals surface area contributed by atoms with Crippen molar-refractivity contribution in [2.75, 3.05) is 19.6 Å².